The lowest BCUT2D eigenvalue weighted by atomic mass is 10.1. The molecule has 0 radical (unpaired) electrons. The molecule has 2 rings (SSSR count). The largest absolute Gasteiger partial charge is 0.496 e. The predicted molar refractivity (Wildman–Crippen MR) is 98.7 cm³/mol. The van der Waals surface area contributed by atoms with Crippen molar-refractivity contribution in [3.8, 4) is 11.8 Å². The van der Waals surface area contributed by atoms with Crippen molar-refractivity contribution in [2.24, 2.45) is 0 Å². The smallest absolute Gasteiger partial charge is 0.262 e. The van der Waals surface area contributed by atoms with E-state index in [2.05, 4.69) is 5.32 Å². The van der Waals surface area contributed by atoms with E-state index < -0.39 is 5.91 Å². The standard InChI is InChI=1S/C21H20N2O2/c1-16(17-9-4-3-5-10-17)23-21(24)19(15-22)13-8-12-18-11-6-7-14-20(18)25-2/h3-14,16H,1-2H3,(H,23,24). The second kappa shape index (κ2) is 9.09. The van der Waals surface area contributed by atoms with Gasteiger partial charge in [-0.05, 0) is 24.6 Å². The Bertz CT molecular complexity index is 817. The van der Waals surface area contributed by atoms with Gasteiger partial charge in [-0.15, -0.1) is 0 Å². The summed E-state index contributed by atoms with van der Waals surface area (Å²) in [6.45, 7) is 1.88. The summed E-state index contributed by atoms with van der Waals surface area (Å²) in [7, 11) is 1.60. The van der Waals surface area contributed by atoms with Crippen molar-refractivity contribution in [1.82, 2.24) is 5.32 Å². The molecule has 0 aromatic heterocycles. The molecule has 2 aromatic carbocycles. The second-order valence-electron chi connectivity index (χ2n) is 5.40. The molecule has 1 atom stereocenters. The maximum absolute atomic E-state index is 12.3. The van der Waals surface area contributed by atoms with Gasteiger partial charge in [0.05, 0.1) is 13.2 Å². The summed E-state index contributed by atoms with van der Waals surface area (Å²) in [5.74, 6) is 0.330. The molecule has 1 unspecified atom stereocenters. The molecule has 0 spiro atoms. The summed E-state index contributed by atoms with van der Waals surface area (Å²) in [6, 6.07) is 18.9. The molecule has 0 aliphatic heterocycles. The molecular weight excluding hydrogens is 312 g/mol. The third kappa shape index (κ3) is 5.08. The number of methoxy groups -OCH3 is 1. The van der Waals surface area contributed by atoms with Gasteiger partial charge in [0.1, 0.15) is 17.4 Å². The highest BCUT2D eigenvalue weighted by molar-refractivity contribution is 5.97. The maximum Gasteiger partial charge on any atom is 0.262 e. The quantitative estimate of drug-likeness (QED) is 0.493. The van der Waals surface area contributed by atoms with E-state index in [0.717, 1.165) is 16.9 Å². The Morgan fingerprint density at radius 1 is 1.16 bits per heavy atom. The number of para-hydroxylation sites is 1. The van der Waals surface area contributed by atoms with Crippen LogP contribution in [0.4, 0.5) is 0 Å². The van der Waals surface area contributed by atoms with Crippen molar-refractivity contribution in [2.75, 3.05) is 7.11 Å². The molecule has 0 fully saturated rings. The van der Waals surface area contributed by atoms with E-state index in [1.807, 2.05) is 67.6 Å². The SMILES string of the molecule is COc1ccccc1C=CC=C(C#N)C(=O)NC(C)c1ccccc1. The van der Waals surface area contributed by atoms with E-state index in [9.17, 15) is 10.1 Å². The number of amides is 1. The van der Waals surface area contributed by atoms with Gasteiger partial charge in [0.15, 0.2) is 0 Å². The van der Waals surface area contributed by atoms with Gasteiger partial charge < -0.3 is 10.1 Å². The molecule has 2 aromatic rings. The third-order valence-electron chi connectivity index (χ3n) is 3.69. The van der Waals surface area contributed by atoms with Gasteiger partial charge in [0, 0.05) is 5.56 Å². The minimum atomic E-state index is -0.400. The molecule has 4 heteroatoms. The van der Waals surface area contributed by atoms with E-state index in [1.165, 1.54) is 6.08 Å². The molecule has 0 saturated carbocycles. The second-order valence-corrected chi connectivity index (χ2v) is 5.40. The molecule has 1 N–H and O–H groups in total. The van der Waals surface area contributed by atoms with Crippen molar-refractivity contribution in [3.63, 3.8) is 0 Å². The first-order chi connectivity index (χ1) is 12.2. The molecule has 4 nitrogen and oxygen atoms in total. The van der Waals surface area contributed by atoms with Crippen molar-refractivity contribution < 1.29 is 9.53 Å². The van der Waals surface area contributed by atoms with Crippen LogP contribution in [-0.4, -0.2) is 13.0 Å². The lowest BCUT2D eigenvalue weighted by molar-refractivity contribution is -0.117. The van der Waals surface area contributed by atoms with Crippen LogP contribution in [-0.2, 0) is 4.79 Å². The van der Waals surface area contributed by atoms with Gasteiger partial charge in [-0.1, -0.05) is 60.7 Å². The van der Waals surface area contributed by atoms with Crippen LogP contribution in [0.25, 0.3) is 6.08 Å². The number of hydrogen-bond donors (Lipinski definition) is 1. The van der Waals surface area contributed by atoms with Crippen LogP contribution in [0, 0.1) is 11.3 Å². The summed E-state index contributed by atoms with van der Waals surface area (Å²) in [5, 5.41) is 12.1. The number of ether oxygens (including phenoxy) is 1. The molecule has 25 heavy (non-hydrogen) atoms. The van der Waals surface area contributed by atoms with E-state index in [-0.39, 0.29) is 11.6 Å². The van der Waals surface area contributed by atoms with E-state index in [4.69, 9.17) is 4.74 Å². The number of benzene rings is 2. The van der Waals surface area contributed by atoms with Crippen LogP contribution >= 0.6 is 0 Å². The first-order valence-corrected chi connectivity index (χ1v) is 7.93. The number of allylic oxidation sites excluding steroid dienone is 2. The Morgan fingerprint density at radius 3 is 2.52 bits per heavy atom. The van der Waals surface area contributed by atoms with Crippen molar-refractivity contribution in [1.29, 1.82) is 5.26 Å². The molecule has 0 aliphatic rings. The topological polar surface area (TPSA) is 62.1 Å². The summed E-state index contributed by atoms with van der Waals surface area (Å²) >= 11 is 0. The summed E-state index contributed by atoms with van der Waals surface area (Å²) in [5.41, 5.74) is 1.91. The molecular formula is C21H20N2O2. The number of carbonyl (C=O) groups is 1. The summed E-state index contributed by atoms with van der Waals surface area (Å²) in [6.07, 6.45) is 4.97. The number of hydrogen-bond acceptors (Lipinski definition) is 3. The zero-order valence-electron chi connectivity index (χ0n) is 14.3. The predicted octanol–water partition coefficient (Wildman–Crippen LogP) is 4.04. The highest BCUT2D eigenvalue weighted by atomic mass is 16.5. The fourth-order valence-electron chi connectivity index (χ4n) is 2.32. The number of nitriles is 1. The van der Waals surface area contributed by atoms with Crippen molar-refractivity contribution in [3.05, 3.63) is 83.4 Å². The number of nitrogens with zero attached hydrogens (tertiary/aromatic N) is 1. The lowest BCUT2D eigenvalue weighted by Crippen LogP contribution is -2.27. The van der Waals surface area contributed by atoms with Gasteiger partial charge in [-0.2, -0.15) is 5.26 Å². The summed E-state index contributed by atoms with van der Waals surface area (Å²) < 4.78 is 5.26. The Kier molecular flexibility index (Phi) is 6.56. The zero-order valence-corrected chi connectivity index (χ0v) is 14.3. The minimum absolute atomic E-state index is 0.0499. The molecule has 0 saturated heterocycles. The van der Waals surface area contributed by atoms with Gasteiger partial charge in [-0.25, -0.2) is 0 Å². The van der Waals surface area contributed by atoms with Crippen LogP contribution in [0.3, 0.4) is 0 Å². The van der Waals surface area contributed by atoms with Crippen LogP contribution in [0.2, 0.25) is 0 Å². The van der Waals surface area contributed by atoms with Crippen LogP contribution < -0.4 is 10.1 Å². The highest BCUT2D eigenvalue weighted by Crippen LogP contribution is 2.18. The Hall–Kier alpha value is -3.32. The van der Waals surface area contributed by atoms with Crippen LogP contribution in [0.15, 0.2) is 72.3 Å². The third-order valence-corrected chi connectivity index (χ3v) is 3.69. The van der Waals surface area contributed by atoms with Gasteiger partial charge in [0.2, 0.25) is 0 Å². The number of carbonyl (C=O) groups excluding carboxylic acids is 1. The monoisotopic (exact) mass is 332 g/mol. The number of nitrogens with one attached hydrogen (secondary N) is 1. The zero-order chi connectivity index (χ0) is 18.1. The normalized spacial score (nSPS) is 12.4. The average molecular weight is 332 g/mol. The first-order valence-electron chi connectivity index (χ1n) is 7.93. The van der Waals surface area contributed by atoms with Crippen LogP contribution in [0.1, 0.15) is 24.1 Å². The van der Waals surface area contributed by atoms with Gasteiger partial charge >= 0.3 is 0 Å². The molecule has 1 amide bonds. The fourth-order valence-corrected chi connectivity index (χ4v) is 2.32. The van der Waals surface area contributed by atoms with E-state index >= 15 is 0 Å². The Labute approximate surface area is 148 Å². The van der Waals surface area contributed by atoms with Gasteiger partial charge in [0.25, 0.3) is 5.91 Å². The first kappa shape index (κ1) is 18.0. The van der Waals surface area contributed by atoms with Gasteiger partial charge in [-0.3, -0.25) is 4.79 Å². The van der Waals surface area contributed by atoms with Crippen LogP contribution in [0.5, 0.6) is 5.75 Å². The maximum atomic E-state index is 12.3. The molecule has 0 bridgehead atoms. The molecule has 0 aliphatic carbocycles. The highest BCUT2D eigenvalue weighted by Gasteiger charge is 2.12. The van der Waals surface area contributed by atoms with Crippen molar-refractivity contribution >= 4 is 12.0 Å². The molecule has 126 valence electrons. The number of rotatable bonds is 6. The summed E-state index contributed by atoms with van der Waals surface area (Å²) in [4.78, 5) is 12.3. The minimum Gasteiger partial charge on any atom is -0.496 e. The fraction of sp³-hybridized carbons (Fsp3) is 0.143. The molecule has 0 heterocycles. The van der Waals surface area contributed by atoms with Crippen molar-refractivity contribution in [2.45, 2.75) is 13.0 Å². The Balaban J connectivity index is 2.08. The Morgan fingerprint density at radius 2 is 1.84 bits per heavy atom. The lowest BCUT2D eigenvalue weighted by Gasteiger charge is -2.13. The van der Waals surface area contributed by atoms with E-state index in [1.54, 1.807) is 19.3 Å². The average Bonchev–Trinajstić information content (AvgIpc) is 2.66. The van der Waals surface area contributed by atoms with E-state index in [0.29, 0.717) is 0 Å².